The molecule has 0 fully saturated rings. The zero-order valence-corrected chi connectivity index (χ0v) is 18.7. The second kappa shape index (κ2) is 22.1. The number of rotatable bonds is 21. The van der Waals surface area contributed by atoms with Crippen molar-refractivity contribution in [2.24, 2.45) is 0 Å². The van der Waals surface area contributed by atoms with E-state index in [0.29, 0.717) is 0 Å². The fourth-order valence-corrected chi connectivity index (χ4v) is 7.26. The molecule has 0 spiro atoms. The van der Waals surface area contributed by atoms with Crippen LogP contribution in [0.1, 0.15) is 110 Å². The van der Waals surface area contributed by atoms with E-state index in [9.17, 15) is 0 Å². The van der Waals surface area contributed by atoms with Gasteiger partial charge in [0.25, 0.3) is 14.1 Å². The summed E-state index contributed by atoms with van der Waals surface area (Å²) >= 11 is -0.451. The van der Waals surface area contributed by atoms with Crippen molar-refractivity contribution >= 4 is 14.1 Å². The average Bonchev–Trinajstić information content (AvgIpc) is 2.63. The summed E-state index contributed by atoms with van der Waals surface area (Å²) in [6, 6.07) is 0. The normalized spacial score (nSPS) is 10.8. The predicted octanol–water partition coefficient (Wildman–Crippen LogP) is 9.11. The molecule has 0 heterocycles. The van der Waals surface area contributed by atoms with Gasteiger partial charge in [0.1, 0.15) is 0 Å². The highest BCUT2D eigenvalue weighted by molar-refractivity contribution is 6.58. The lowest BCUT2D eigenvalue weighted by Crippen LogP contribution is -2.12. The molecule has 0 nitrogen and oxygen atoms in total. The fourth-order valence-electron chi connectivity index (χ4n) is 3.80. The first-order valence-electron chi connectivity index (χ1n) is 11.6. The van der Waals surface area contributed by atoms with E-state index >= 15 is 0 Å². The highest BCUT2D eigenvalue weighted by atomic mass is 27.2. The van der Waals surface area contributed by atoms with Gasteiger partial charge in [0.05, 0.1) is 0 Å². The summed E-state index contributed by atoms with van der Waals surface area (Å²) in [6.45, 7) is 9.97. The topological polar surface area (TPSA) is 0 Å². The maximum atomic E-state index is 3.83. The Morgan fingerprint density at radius 1 is 0.520 bits per heavy atom. The van der Waals surface area contributed by atoms with Crippen LogP contribution in [0.3, 0.4) is 0 Å². The SMILES string of the molecule is C=CCCCCC[CH2][Al]([CH2]CCCCCC=C)[CH2]CCCCCCC. The van der Waals surface area contributed by atoms with E-state index < -0.39 is 14.1 Å². The largest absolute Gasteiger partial charge is 0.261 e. The van der Waals surface area contributed by atoms with E-state index in [-0.39, 0.29) is 0 Å². The molecular formula is C24H47Al. The lowest BCUT2D eigenvalue weighted by molar-refractivity contribution is 0.620. The third-order valence-corrected chi connectivity index (χ3v) is 9.18. The van der Waals surface area contributed by atoms with Crippen LogP contribution < -0.4 is 0 Å². The molecule has 0 unspecified atom stereocenters. The summed E-state index contributed by atoms with van der Waals surface area (Å²) in [6.07, 6.45) is 26.9. The van der Waals surface area contributed by atoms with Crippen LogP contribution in [0.4, 0.5) is 0 Å². The van der Waals surface area contributed by atoms with Crippen molar-refractivity contribution in [3.8, 4) is 0 Å². The van der Waals surface area contributed by atoms with Crippen LogP contribution in [0.15, 0.2) is 25.3 Å². The summed E-state index contributed by atoms with van der Waals surface area (Å²) in [5.41, 5.74) is 0. The molecule has 0 aromatic rings. The molecule has 0 bridgehead atoms. The van der Waals surface area contributed by atoms with Gasteiger partial charge in [0.2, 0.25) is 0 Å². The second-order valence-electron chi connectivity index (χ2n) is 7.98. The van der Waals surface area contributed by atoms with E-state index in [1.54, 1.807) is 15.8 Å². The third-order valence-electron chi connectivity index (χ3n) is 5.51. The van der Waals surface area contributed by atoms with Crippen molar-refractivity contribution in [1.29, 1.82) is 0 Å². The van der Waals surface area contributed by atoms with Crippen LogP contribution in [-0.4, -0.2) is 14.1 Å². The summed E-state index contributed by atoms with van der Waals surface area (Å²) in [5.74, 6) is 0. The fraction of sp³-hybridized carbons (Fsp3) is 0.833. The molecule has 0 saturated carbocycles. The minimum atomic E-state index is -0.451. The first kappa shape index (κ1) is 25.0. The molecule has 0 aliphatic carbocycles. The van der Waals surface area contributed by atoms with Crippen molar-refractivity contribution in [2.45, 2.75) is 126 Å². The Kier molecular flexibility index (Phi) is 22.1. The summed E-state index contributed by atoms with van der Waals surface area (Å²) in [4.78, 5) is 0. The minimum absolute atomic E-state index is 0.451. The maximum Gasteiger partial charge on any atom is 0.261 e. The Bertz CT molecular complexity index is 251. The lowest BCUT2D eigenvalue weighted by Gasteiger charge is -2.12. The van der Waals surface area contributed by atoms with Gasteiger partial charge in [-0.3, -0.25) is 0 Å². The monoisotopic (exact) mass is 362 g/mol. The molecule has 0 aliphatic rings. The highest BCUT2D eigenvalue weighted by Crippen LogP contribution is 2.20. The maximum absolute atomic E-state index is 3.83. The van der Waals surface area contributed by atoms with Crippen LogP contribution in [-0.2, 0) is 0 Å². The van der Waals surface area contributed by atoms with Crippen molar-refractivity contribution in [3.05, 3.63) is 25.3 Å². The molecule has 0 radical (unpaired) electrons. The van der Waals surface area contributed by atoms with Gasteiger partial charge in [0.15, 0.2) is 0 Å². The molecule has 0 saturated heterocycles. The van der Waals surface area contributed by atoms with Crippen LogP contribution in [0.25, 0.3) is 0 Å². The summed E-state index contributed by atoms with van der Waals surface area (Å²) in [7, 11) is 0. The standard InChI is InChI=1S/C8H17.2C8H15.Al/c3*1-3-5-7-8-6-4-2;/h1,3-8H2,2H3;2*3H,1-2,4-8H2;. The van der Waals surface area contributed by atoms with E-state index in [4.69, 9.17) is 0 Å². The average molecular weight is 363 g/mol. The molecule has 0 rings (SSSR count). The van der Waals surface area contributed by atoms with Crippen molar-refractivity contribution in [1.82, 2.24) is 0 Å². The Balaban J connectivity index is 3.79. The minimum Gasteiger partial charge on any atom is -0.103 e. The van der Waals surface area contributed by atoms with Gasteiger partial charge >= 0.3 is 0 Å². The van der Waals surface area contributed by atoms with Crippen molar-refractivity contribution < 1.29 is 0 Å². The van der Waals surface area contributed by atoms with Crippen LogP contribution in [0, 0.1) is 0 Å². The van der Waals surface area contributed by atoms with Gasteiger partial charge in [-0.25, -0.2) is 0 Å². The van der Waals surface area contributed by atoms with E-state index in [1.165, 1.54) is 103 Å². The van der Waals surface area contributed by atoms with Gasteiger partial charge in [-0.05, 0) is 25.7 Å². The molecule has 1 heteroatoms. The zero-order valence-electron chi connectivity index (χ0n) is 17.6. The molecule has 0 amide bonds. The molecule has 0 aromatic carbocycles. The van der Waals surface area contributed by atoms with E-state index in [2.05, 4.69) is 32.2 Å². The number of unbranched alkanes of at least 4 members (excludes halogenated alkanes) is 13. The van der Waals surface area contributed by atoms with Crippen LogP contribution >= 0.6 is 0 Å². The van der Waals surface area contributed by atoms with Gasteiger partial charge < -0.3 is 0 Å². The van der Waals surface area contributed by atoms with Gasteiger partial charge in [-0.1, -0.05) is 112 Å². The third kappa shape index (κ3) is 20.2. The molecule has 0 atom stereocenters. The van der Waals surface area contributed by atoms with E-state index in [1.807, 2.05) is 0 Å². The Morgan fingerprint density at radius 3 is 1.28 bits per heavy atom. The zero-order chi connectivity index (χ0) is 18.4. The Morgan fingerprint density at radius 2 is 0.880 bits per heavy atom. The predicted molar refractivity (Wildman–Crippen MR) is 120 cm³/mol. The van der Waals surface area contributed by atoms with Crippen molar-refractivity contribution in [3.63, 3.8) is 0 Å². The Labute approximate surface area is 165 Å². The molecule has 0 aliphatic heterocycles. The number of hydrogen-bond acceptors (Lipinski definition) is 0. The van der Waals surface area contributed by atoms with Crippen molar-refractivity contribution in [2.75, 3.05) is 0 Å². The van der Waals surface area contributed by atoms with Gasteiger partial charge in [0, 0.05) is 0 Å². The quantitative estimate of drug-likeness (QED) is 0.108. The second-order valence-corrected chi connectivity index (χ2v) is 11.4. The smallest absolute Gasteiger partial charge is 0.103 e. The molecule has 0 N–H and O–H groups in total. The van der Waals surface area contributed by atoms with Crippen LogP contribution in [0.5, 0.6) is 0 Å². The van der Waals surface area contributed by atoms with E-state index in [0.717, 1.165) is 0 Å². The molecular weight excluding hydrogens is 315 g/mol. The summed E-state index contributed by atoms with van der Waals surface area (Å²) in [5, 5.41) is 4.87. The van der Waals surface area contributed by atoms with Crippen LogP contribution in [0.2, 0.25) is 15.8 Å². The first-order chi connectivity index (χ1) is 12.3. The Hall–Kier alpha value is 0.0125. The van der Waals surface area contributed by atoms with Gasteiger partial charge in [-0.15, -0.1) is 13.2 Å². The molecule has 146 valence electrons. The number of hydrogen-bond donors (Lipinski definition) is 0. The highest BCUT2D eigenvalue weighted by Gasteiger charge is 2.15. The number of allylic oxidation sites excluding steroid dienone is 2. The molecule has 0 aromatic heterocycles. The van der Waals surface area contributed by atoms with Gasteiger partial charge in [-0.2, -0.15) is 0 Å². The first-order valence-corrected chi connectivity index (χ1v) is 14.0. The summed E-state index contributed by atoms with van der Waals surface area (Å²) < 4.78 is 0. The lowest BCUT2D eigenvalue weighted by atomic mass is 10.1. The molecule has 25 heavy (non-hydrogen) atoms.